The summed E-state index contributed by atoms with van der Waals surface area (Å²) >= 11 is 4.37. The average molecular weight is 275 g/mol. The highest BCUT2D eigenvalue weighted by atomic mass is 32.1. The Kier molecular flexibility index (Phi) is 21.0. The second kappa shape index (κ2) is 16.6. The first-order valence-electron chi connectivity index (χ1n) is 7.22. The third-order valence-electron chi connectivity index (χ3n) is 2.38. The Balaban J connectivity index is -0.000000506. The number of hydrogen-bond donors (Lipinski definition) is 1. The summed E-state index contributed by atoms with van der Waals surface area (Å²) in [6, 6.07) is 0. The number of thiol groups is 1. The van der Waals surface area contributed by atoms with E-state index < -0.39 is 0 Å². The van der Waals surface area contributed by atoms with Crippen LogP contribution in [0, 0.1) is 0 Å². The lowest BCUT2D eigenvalue weighted by Gasteiger charge is -2.21. The molecule has 0 rings (SSSR count). The smallest absolute Gasteiger partial charge is 0.110 e. The SMILES string of the molecule is C=CC(S)C(C)O/C(CC)=C(\C)CC.CC.CC. The van der Waals surface area contributed by atoms with E-state index in [1.165, 1.54) is 5.57 Å². The predicted molar refractivity (Wildman–Crippen MR) is 89.5 cm³/mol. The van der Waals surface area contributed by atoms with Gasteiger partial charge in [0.25, 0.3) is 0 Å². The Bertz CT molecular complexity index is 209. The highest BCUT2D eigenvalue weighted by Gasteiger charge is 2.12. The first-order chi connectivity index (χ1) is 8.56. The molecule has 0 fully saturated rings. The summed E-state index contributed by atoms with van der Waals surface area (Å²) in [4.78, 5) is 0. The molecule has 0 aromatic rings. The second-order valence-electron chi connectivity index (χ2n) is 3.46. The fourth-order valence-corrected chi connectivity index (χ4v) is 1.23. The number of allylic oxidation sites excluding steroid dienone is 2. The zero-order valence-electron chi connectivity index (χ0n) is 13.7. The summed E-state index contributed by atoms with van der Waals surface area (Å²) in [6.07, 6.45) is 3.89. The van der Waals surface area contributed by atoms with Gasteiger partial charge in [-0.15, -0.1) is 6.58 Å². The summed E-state index contributed by atoms with van der Waals surface area (Å²) < 4.78 is 5.84. The molecule has 0 bridgehead atoms. The summed E-state index contributed by atoms with van der Waals surface area (Å²) in [5, 5.41) is 0.0983. The summed E-state index contributed by atoms with van der Waals surface area (Å²) in [7, 11) is 0. The maximum atomic E-state index is 5.84. The Labute approximate surface area is 121 Å². The van der Waals surface area contributed by atoms with Crippen LogP contribution in [-0.2, 0) is 4.74 Å². The molecular formula is C16H34OS. The van der Waals surface area contributed by atoms with E-state index in [0.717, 1.165) is 18.6 Å². The van der Waals surface area contributed by atoms with Gasteiger partial charge >= 0.3 is 0 Å². The van der Waals surface area contributed by atoms with Gasteiger partial charge in [0.1, 0.15) is 6.10 Å². The van der Waals surface area contributed by atoms with Crippen molar-refractivity contribution in [1.29, 1.82) is 0 Å². The summed E-state index contributed by atoms with van der Waals surface area (Å²) in [6.45, 7) is 20.1. The van der Waals surface area contributed by atoms with Gasteiger partial charge in [-0.05, 0) is 25.8 Å². The van der Waals surface area contributed by atoms with Gasteiger partial charge in [-0.3, -0.25) is 0 Å². The van der Waals surface area contributed by atoms with E-state index in [9.17, 15) is 0 Å². The van der Waals surface area contributed by atoms with Gasteiger partial charge in [0, 0.05) is 6.42 Å². The van der Waals surface area contributed by atoms with E-state index in [2.05, 4.69) is 40.0 Å². The van der Waals surface area contributed by atoms with Crippen molar-refractivity contribution in [1.82, 2.24) is 0 Å². The van der Waals surface area contributed by atoms with Gasteiger partial charge in [0.15, 0.2) is 0 Å². The predicted octanol–water partition coefficient (Wildman–Crippen LogP) is 6.02. The zero-order chi connectivity index (χ0) is 15.1. The van der Waals surface area contributed by atoms with Crippen LogP contribution in [0.3, 0.4) is 0 Å². The molecule has 2 unspecified atom stereocenters. The van der Waals surface area contributed by atoms with Crippen molar-refractivity contribution in [3.8, 4) is 0 Å². The summed E-state index contributed by atoms with van der Waals surface area (Å²) in [5.41, 5.74) is 1.32. The van der Waals surface area contributed by atoms with Crippen LogP contribution in [-0.4, -0.2) is 11.4 Å². The minimum Gasteiger partial charge on any atom is -0.494 e. The Morgan fingerprint density at radius 1 is 1.17 bits per heavy atom. The van der Waals surface area contributed by atoms with Crippen LogP contribution in [0.5, 0.6) is 0 Å². The van der Waals surface area contributed by atoms with E-state index in [1.54, 1.807) is 0 Å². The average Bonchev–Trinajstić information content (AvgIpc) is 2.46. The lowest BCUT2D eigenvalue weighted by Crippen LogP contribution is -2.19. The van der Waals surface area contributed by atoms with E-state index >= 15 is 0 Å². The highest BCUT2D eigenvalue weighted by molar-refractivity contribution is 7.81. The van der Waals surface area contributed by atoms with Crippen molar-refractivity contribution in [2.75, 3.05) is 0 Å². The molecule has 0 aromatic carbocycles. The number of ether oxygens (including phenoxy) is 1. The fourth-order valence-electron chi connectivity index (χ4n) is 1.17. The van der Waals surface area contributed by atoms with Crippen molar-refractivity contribution >= 4 is 12.6 Å². The van der Waals surface area contributed by atoms with Crippen LogP contribution in [0.15, 0.2) is 24.0 Å². The molecule has 0 radical (unpaired) electrons. The number of rotatable bonds is 6. The van der Waals surface area contributed by atoms with E-state index in [4.69, 9.17) is 4.74 Å². The third kappa shape index (κ3) is 10.8. The first-order valence-corrected chi connectivity index (χ1v) is 7.74. The molecule has 0 N–H and O–H groups in total. The fraction of sp³-hybridized carbons (Fsp3) is 0.750. The summed E-state index contributed by atoms with van der Waals surface area (Å²) in [5.74, 6) is 1.10. The lowest BCUT2D eigenvalue weighted by atomic mass is 10.1. The molecular weight excluding hydrogens is 240 g/mol. The molecule has 0 heterocycles. The van der Waals surface area contributed by atoms with Crippen LogP contribution in [0.1, 0.15) is 68.2 Å². The van der Waals surface area contributed by atoms with Crippen molar-refractivity contribution in [2.45, 2.75) is 79.6 Å². The molecule has 0 saturated heterocycles. The van der Waals surface area contributed by atoms with Crippen molar-refractivity contribution in [2.24, 2.45) is 0 Å². The maximum absolute atomic E-state index is 5.84. The Hall–Kier alpha value is -0.370. The molecule has 18 heavy (non-hydrogen) atoms. The van der Waals surface area contributed by atoms with Crippen molar-refractivity contribution < 1.29 is 4.74 Å². The Morgan fingerprint density at radius 2 is 1.61 bits per heavy atom. The molecule has 0 aliphatic carbocycles. The molecule has 2 heteroatoms. The molecule has 0 spiro atoms. The van der Waals surface area contributed by atoms with Crippen molar-refractivity contribution in [3.05, 3.63) is 24.0 Å². The second-order valence-corrected chi connectivity index (χ2v) is 4.06. The third-order valence-corrected chi connectivity index (χ3v) is 3.01. The van der Waals surface area contributed by atoms with Gasteiger partial charge in [0.2, 0.25) is 0 Å². The van der Waals surface area contributed by atoms with Gasteiger partial charge in [-0.2, -0.15) is 12.6 Å². The molecule has 110 valence electrons. The molecule has 0 saturated carbocycles. The number of hydrogen-bond acceptors (Lipinski definition) is 2. The normalized spacial score (nSPS) is 13.8. The van der Waals surface area contributed by atoms with Crippen LogP contribution in [0.25, 0.3) is 0 Å². The molecule has 0 aromatic heterocycles. The van der Waals surface area contributed by atoms with Gasteiger partial charge in [-0.1, -0.05) is 47.6 Å². The Morgan fingerprint density at radius 3 is 1.89 bits per heavy atom. The molecule has 1 nitrogen and oxygen atoms in total. The largest absolute Gasteiger partial charge is 0.494 e. The monoisotopic (exact) mass is 274 g/mol. The van der Waals surface area contributed by atoms with Crippen LogP contribution >= 0.6 is 12.6 Å². The van der Waals surface area contributed by atoms with Crippen LogP contribution in [0.2, 0.25) is 0 Å². The topological polar surface area (TPSA) is 9.23 Å². The van der Waals surface area contributed by atoms with E-state index in [1.807, 2.05) is 40.7 Å². The van der Waals surface area contributed by atoms with Crippen LogP contribution < -0.4 is 0 Å². The molecule has 0 aliphatic rings. The highest BCUT2D eigenvalue weighted by Crippen LogP contribution is 2.18. The van der Waals surface area contributed by atoms with E-state index in [-0.39, 0.29) is 11.4 Å². The molecule has 2 atom stereocenters. The van der Waals surface area contributed by atoms with E-state index in [0.29, 0.717) is 0 Å². The lowest BCUT2D eigenvalue weighted by molar-refractivity contribution is 0.129. The molecule has 0 amide bonds. The minimum atomic E-state index is 0.0901. The first kappa shape index (κ1) is 22.8. The quantitative estimate of drug-likeness (QED) is 0.354. The van der Waals surface area contributed by atoms with Gasteiger partial charge in [-0.25, -0.2) is 0 Å². The minimum absolute atomic E-state index is 0.0901. The standard InChI is InChI=1S/C12H22OS.2C2H6/c1-6-9(4)11(7-2)13-10(5)12(14)8-3;2*1-2/h8,10,12,14H,3,6-7H2,1-2,4-5H3;2*1-2H3/b11-9+;;. The van der Waals surface area contributed by atoms with Crippen molar-refractivity contribution in [3.63, 3.8) is 0 Å². The maximum Gasteiger partial charge on any atom is 0.110 e. The van der Waals surface area contributed by atoms with Crippen LogP contribution in [0.4, 0.5) is 0 Å². The van der Waals surface area contributed by atoms with Gasteiger partial charge in [0.05, 0.1) is 11.0 Å². The molecule has 0 aliphatic heterocycles. The van der Waals surface area contributed by atoms with Gasteiger partial charge < -0.3 is 4.74 Å². The zero-order valence-corrected chi connectivity index (χ0v) is 14.6.